The number of hydrogen-bond donors (Lipinski definition) is 0. The zero-order chi connectivity index (χ0) is 18.9. The first-order chi connectivity index (χ1) is 12.9. The van der Waals surface area contributed by atoms with Gasteiger partial charge in [-0.05, 0) is 23.5 Å². The minimum atomic E-state index is -0.725. The van der Waals surface area contributed by atoms with E-state index in [1.165, 1.54) is 12.7 Å². The van der Waals surface area contributed by atoms with Crippen molar-refractivity contribution in [2.75, 3.05) is 7.11 Å². The number of hydrogen-bond acceptors (Lipinski definition) is 6. The lowest BCUT2D eigenvalue weighted by molar-refractivity contribution is -0.153. The molecule has 2 fully saturated rings. The Hall–Kier alpha value is -2.32. The topological polar surface area (TPSA) is 80.9 Å². The number of rotatable bonds is 3. The number of aryl methyl sites for hydroxylation is 1. The van der Waals surface area contributed by atoms with Crippen LogP contribution in [0.5, 0.6) is 0 Å². The summed E-state index contributed by atoms with van der Waals surface area (Å²) in [5, 5.41) is 0. The lowest BCUT2D eigenvalue weighted by Crippen LogP contribution is -2.36. The van der Waals surface area contributed by atoms with Crippen LogP contribution in [0.25, 0.3) is 11.0 Å². The van der Waals surface area contributed by atoms with Crippen LogP contribution in [0.3, 0.4) is 0 Å². The molecule has 0 spiro atoms. The molecule has 5 rings (SSSR count). The fourth-order valence-corrected chi connectivity index (χ4v) is 4.56. The van der Waals surface area contributed by atoms with Crippen LogP contribution in [0.15, 0.2) is 23.0 Å². The molecule has 144 valence electrons. The fraction of sp³-hybridized carbons (Fsp3) is 0.579. The Balaban J connectivity index is 1.58. The third-order valence-electron chi connectivity index (χ3n) is 6.05. The van der Waals surface area contributed by atoms with Gasteiger partial charge >= 0.3 is 11.8 Å². The summed E-state index contributed by atoms with van der Waals surface area (Å²) in [6.45, 7) is 5.36. The lowest BCUT2D eigenvalue weighted by atomic mass is 9.79. The highest BCUT2D eigenvalue weighted by molar-refractivity contribution is 5.81. The first kappa shape index (κ1) is 16.8. The van der Waals surface area contributed by atoms with Gasteiger partial charge in [0, 0.05) is 13.7 Å². The predicted octanol–water partition coefficient (Wildman–Crippen LogP) is 1.76. The predicted molar refractivity (Wildman–Crippen MR) is 94.7 cm³/mol. The van der Waals surface area contributed by atoms with E-state index in [2.05, 4.69) is 19.9 Å². The molecule has 8 heteroatoms. The summed E-state index contributed by atoms with van der Waals surface area (Å²) < 4.78 is 25.1. The standard InChI is InChI=1S/C19H22N2O6/c1-19(2)7-8-20-13-10(19)5-4-6-11(13)21(17(20)22)9-12-14-15(16(24-3)25-12)27-18(23)26-14/h4-6,12,14-16H,7-9H2,1-3H3/t12-,14-,15-,16-/m1/s1. The van der Waals surface area contributed by atoms with Gasteiger partial charge in [0.05, 0.1) is 17.6 Å². The first-order valence-electron chi connectivity index (χ1n) is 9.19. The average Bonchev–Trinajstić information content (AvgIpc) is 3.24. The van der Waals surface area contributed by atoms with Gasteiger partial charge in [-0.2, -0.15) is 0 Å². The molecule has 8 nitrogen and oxygen atoms in total. The number of methoxy groups -OCH3 is 1. The second-order valence-electron chi connectivity index (χ2n) is 8.05. The van der Waals surface area contributed by atoms with Gasteiger partial charge < -0.3 is 18.9 Å². The summed E-state index contributed by atoms with van der Waals surface area (Å²) in [4.78, 5) is 24.7. The van der Waals surface area contributed by atoms with Crippen LogP contribution in [0.1, 0.15) is 25.8 Å². The summed E-state index contributed by atoms with van der Waals surface area (Å²) in [5.41, 5.74) is 2.98. The average molecular weight is 374 g/mol. The van der Waals surface area contributed by atoms with Gasteiger partial charge in [0.2, 0.25) is 0 Å². The highest BCUT2D eigenvalue weighted by Crippen LogP contribution is 2.38. The number of ether oxygens (including phenoxy) is 4. The molecule has 0 N–H and O–H groups in total. The van der Waals surface area contributed by atoms with Crippen LogP contribution in [0.4, 0.5) is 4.79 Å². The second-order valence-corrected chi connectivity index (χ2v) is 8.05. The van der Waals surface area contributed by atoms with Gasteiger partial charge in [0.1, 0.15) is 6.10 Å². The number of fused-ring (bicyclic) bond motifs is 1. The maximum Gasteiger partial charge on any atom is 0.509 e. The van der Waals surface area contributed by atoms with Gasteiger partial charge in [0.25, 0.3) is 0 Å². The number of aromatic nitrogens is 2. The number of para-hydroxylation sites is 1. The van der Waals surface area contributed by atoms with Gasteiger partial charge in [0.15, 0.2) is 18.5 Å². The minimum absolute atomic E-state index is 0.0169. The highest BCUT2D eigenvalue weighted by Gasteiger charge is 2.54. The molecule has 0 unspecified atom stereocenters. The molecule has 0 radical (unpaired) electrons. The third kappa shape index (κ3) is 2.29. The zero-order valence-electron chi connectivity index (χ0n) is 15.5. The molecule has 3 aliphatic heterocycles. The highest BCUT2D eigenvalue weighted by atomic mass is 16.8. The van der Waals surface area contributed by atoms with E-state index in [-0.39, 0.29) is 17.6 Å². The minimum Gasteiger partial charge on any atom is -0.424 e. The maximum atomic E-state index is 13.1. The summed E-state index contributed by atoms with van der Waals surface area (Å²) in [5.74, 6) is 0. The van der Waals surface area contributed by atoms with Crippen molar-refractivity contribution in [1.29, 1.82) is 0 Å². The Bertz CT molecular complexity index is 990. The monoisotopic (exact) mass is 374 g/mol. The van der Waals surface area contributed by atoms with Crippen molar-refractivity contribution >= 4 is 17.2 Å². The van der Waals surface area contributed by atoms with Crippen molar-refractivity contribution in [3.8, 4) is 0 Å². The second kappa shape index (κ2) is 5.59. The van der Waals surface area contributed by atoms with Crippen LogP contribution in [-0.2, 0) is 37.5 Å². The molecule has 0 amide bonds. The number of carbonyl (C=O) groups is 1. The quantitative estimate of drug-likeness (QED) is 0.762. The molecule has 0 saturated carbocycles. The van der Waals surface area contributed by atoms with Crippen LogP contribution in [0, 0.1) is 0 Å². The Kier molecular flexibility index (Phi) is 3.48. The lowest BCUT2D eigenvalue weighted by Gasteiger charge is -2.30. The summed E-state index contributed by atoms with van der Waals surface area (Å²) in [7, 11) is 1.49. The molecule has 0 bridgehead atoms. The molecule has 1 aromatic carbocycles. The Morgan fingerprint density at radius 2 is 2.00 bits per heavy atom. The van der Waals surface area contributed by atoms with E-state index in [0.29, 0.717) is 6.54 Å². The first-order valence-corrected chi connectivity index (χ1v) is 9.19. The van der Waals surface area contributed by atoms with Gasteiger partial charge in [-0.1, -0.05) is 26.0 Å². The van der Waals surface area contributed by atoms with Crippen molar-refractivity contribution in [2.45, 2.75) is 63.4 Å². The normalized spacial score (nSPS) is 31.0. The fourth-order valence-electron chi connectivity index (χ4n) is 4.56. The number of imidazole rings is 1. The molecule has 4 heterocycles. The summed E-state index contributed by atoms with van der Waals surface area (Å²) >= 11 is 0. The molecule has 27 heavy (non-hydrogen) atoms. The van der Waals surface area contributed by atoms with Gasteiger partial charge in [-0.15, -0.1) is 0 Å². The molecule has 4 atom stereocenters. The zero-order valence-corrected chi connectivity index (χ0v) is 15.5. The van der Waals surface area contributed by atoms with E-state index in [4.69, 9.17) is 18.9 Å². The number of benzene rings is 1. The smallest absolute Gasteiger partial charge is 0.424 e. The third-order valence-corrected chi connectivity index (χ3v) is 6.05. The van der Waals surface area contributed by atoms with E-state index >= 15 is 0 Å². The van der Waals surface area contributed by atoms with Crippen molar-refractivity contribution in [3.63, 3.8) is 0 Å². The summed E-state index contributed by atoms with van der Waals surface area (Å²) in [6, 6.07) is 6.03. The molecule has 2 aromatic rings. The van der Waals surface area contributed by atoms with Gasteiger partial charge in [-0.25, -0.2) is 9.59 Å². The summed E-state index contributed by atoms with van der Waals surface area (Å²) in [6.07, 6.45) is -2.22. The van der Waals surface area contributed by atoms with Crippen LogP contribution >= 0.6 is 0 Å². The molecule has 0 aliphatic carbocycles. The van der Waals surface area contributed by atoms with E-state index in [1.807, 2.05) is 16.7 Å². The van der Waals surface area contributed by atoms with E-state index in [9.17, 15) is 9.59 Å². The van der Waals surface area contributed by atoms with Crippen molar-refractivity contribution in [3.05, 3.63) is 34.2 Å². The Morgan fingerprint density at radius 3 is 2.78 bits per heavy atom. The van der Waals surface area contributed by atoms with Crippen LogP contribution in [-0.4, -0.2) is 47.0 Å². The van der Waals surface area contributed by atoms with Crippen molar-refractivity contribution in [2.24, 2.45) is 0 Å². The Morgan fingerprint density at radius 1 is 1.22 bits per heavy atom. The molecule has 2 saturated heterocycles. The number of carbonyl (C=O) groups excluding carboxylic acids is 1. The van der Waals surface area contributed by atoms with E-state index in [0.717, 1.165) is 17.5 Å². The molecule has 3 aliphatic rings. The van der Waals surface area contributed by atoms with Crippen molar-refractivity contribution in [1.82, 2.24) is 9.13 Å². The van der Waals surface area contributed by atoms with Crippen molar-refractivity contribution < 1.29 is 23.7 Å². The largest absolute Gasteiger partial charge is 0.509 e. The SMILES string of the molecule is CO[C@@H]1O[C@H](Cn2c(=O)n3c4c(cccc42)C(C)(C)CC3)[C@H]2OC(=O)O[C@@H]12. The molecule has 1 aromatic heterocycles. The van der Waals surface area contributed by atoms with Crippen LogP contribution < -0.4 is 5.69 Å². The molecular formula is C19H22N2O6. The molecular weight excluding hydrogens is 352 g/mol. The van der Waals surface area contributed by atoms with E-state index < -0.39 is 30.8 Å². The Labute approximate surface area is 155 Å². The number of nitrogens with zero attached hydrogens (tertiary/aromatic N) is 2. The maximum absolute atomic E-state index is 13.1. The van der Waals surface area contributed by atoms with Gasteiger partial charge in [-0.3, -0.25) is 9.13 Å². The van der Waals surface area contributed by atoms with Crippen LogP contribution in [0.2, 0.25) is 0 Å². The van der Waals surface area contributed by atoms with E-state index in [1.54, 1.807) is 4.57 Å².